The molecule has 0 bridgehead atoms. The predicted octanol–water partition coefficient (Wildman–Crippen LogP) is 0.908. The molecule has 6 heteroatoms. The monoisotopic (exact) mass is 297 g/mol. The highest BCUT2D eigenvalue weighted by molar-refractivity contribution is 7.89. The zero-order valence-corrected chi connectivity index (χ0v) is 12.7. The summed E-state index contributed by atoms with van der Waals surface area (Å²) in [5.74, 6) is 0. The van der Waals surface area contributed by atoms with E-state index in [-0.39, 0.29) is 0 Å². The summed E-state index contributed by atoms with van der Waals surface area (Å²) < 4.78 is 27.3. The summed E-state index contributed by atoms with van der Waals surface area (Å²) in [4.78, 5) is 2.61. The molecule has 0 radical (unpaired) electrons. The van der Waals surface area contributed by atoms with Crippen LogP contribution < -0.4 is 10.5 Å². The minimum absolute atomic E-state index is 0.293. The first-order chi connectivity index (χ1) is 9.56. The summed E-state index contributed by atoms with van der Waals surface area (Å²) in [6, 6.07) is 7.11. The molecule has 112 valence electrons. The second-order valence-electron chi connectivity index (χ2n) is 5.13. The van der Waals surface area contributed by atoms with Crippen molar-refractivity contribution < 1.29 is 8.42 Å². The Morgan fingerprint density at radius 3 is 2.95 bits per heavy atom. The molecule has 0 aromatic heterocycles. The molecule has 0 spiro atoms. The fraction of sp³-hybridized carbons (Fsp3) is 0.571. The van der Waals surface area contributed by atoms with E-state index in [1.165, 1.54) is 0 Å². The second-order valence-corrected chi connectivity index (χ2v) is 6.90. The molecule has 1 saturated heterocycles. The van der Waals surface area contributed by atoms with Crippen molar-refractivity contribution in [1.82, 2.24) is 9.62 Å². The third kappa shape index (κ3) is 3.58. The van der Waals surface area contributed by atoms with Gasteiger partial charge in [-0.1, -0.05) is 19.1 Å². The Kier molecular flexibility index (Phi) is 5.15. The highest BCUT2D eigenvalue weighted by Gasteiger charge is 2.25. The molecule has 2 rings (SSSR count). The van der Waals surface area contributed by atoms with Gasteiger partial charge >= 0.3 is 0 Å². The third-order valence-electron chi connectivity index (χ3n) is 3.86. The van der Waals surface area contributed by atoms with Crippen LogP contribution in [-0.2, 0) is 16.6 Å². The molecular formula is C14H23N3O2S. The third-order valence-corrected chi connectivity index (χ3v) is 5.28. The molecule has 3 N–H and O–H groups in total. The average molecular weight is 297 g/mol. The second kappa shape index (κ2) is 6.67. The van der Waals surface area contributed by atoms with E-state index in [0.717, 1.165) is 31.5 Å². The van der Waals surface area contributed by atoms with Crippen molar-refractivity contribution in [2.45, 2.75) is 37.2 Å². The van der Waals surface area contributed by atoms with Crippen LogP contribution >= 0.6 is 0 Å². The van der Waals surface area contributed by atoms with Crippen molar-refractivity contribution in [1.29, 1.82) is 0 Å². The lowest BCUT2D eigenvalue weighted by Crippen LogP contribution is -2.40. The topological polar surface area (TPSA) is 75.4 Å². The van der Waals surface area contributed by atoms with Gasteiger partial charge in [-0.3, -0.25) is 4.90 Å². The van der Waals surface area contributed by atoms with Crippen molar-refractivity contribution in [2.75, 3.05) is 19.6 Å². The Balaban J connectivity index is 2.03. The van der Waals surface area contributed by atoms with Crippen LogP contribution in [0.4, 0.5) is 0 Å². The van der Waals surface area contributed by atoms with Crippen LogP contribution in [0.1, 0.15) is 25.3 Å². The first-order valence-corrected chi connectivity index (χ1v) is 8.58. The van der Waals surface area contributed by atoms with E-state index in [4.69, 9.17) is 5.73 Å². The van der Waals surface area contributed by atoms with Crippen molar-refractivity contribution in [3.05, 3.63) is 29.8 Å². The van der Waals surface area contributed by atoms with Gasteiger partial charge in [0.25, 0.3) is 0 Å². The van der Waals surface area contributed by atoms with Crippen molar-refractivity contribution in [3.8, 4) is 0 Å². The van der Waals surface area contributed by atoms with Crippen LogP contribution in [0.25, 0.3) is 0 Å². The number of likely N-dealkylation sites (N-methyl/N-ethyl adjacent to an activating group) is 1. The van der Waals surface area contributed by atoms with Gasteiger partial charge in [0, 0.05) is 19.1 Å². The van der Waals surface area contributed by atoms with E-state index < -0.39 is 10.0 Å². The number of nitrogens with two attached hydrogens (primary N) is 1. The number of sulfonamides is 1. The normalized spacial score (nSPS) is 20.4. The highest BCUT2D eigenvalue weighted by Crippen LogP contribution is 2.17. The van der Waals surface area contributed by atoms with Crippen LogP contribution in [0, 0.1) is 0 Å². The lowest BCUT2D eigenvalue weighted by Gasteiger charge is -2.22. The predicted molar refractivity (Wildman–Crippen MR) is 79.8 cm³/mol. The van der Waals surface area contributed by atoms with Gasteiger partial charge in [0.05, 0.1) is 4.90 Å². The largest absolute Gasteiger partial charge is 0.326 e. The summed E-state index contributed by atoms with van der Waals surface area (Å²) in [7, 11) is -3.44. The number of hydrogen-bond acceptors (Lipinski definition) is 4. The van der Waals surface area contributed by atoms with Gasteiger partial charge in [-0.05, 0) is 43.6 Å². The molecule has 5 nitrogen and oxygen atoms in total. The molecule has 1 aromatic rings. The van der Waals surface area contributed by atoms with Gasteiger partial charge in [0.2, 0.25) is 10.0 Å². The number of nitrogens with one attached hydrogen (secondary N) is 1. The van der Waals surface area contributed by atoms with Gasteiger partial charge in [-0.2, -0.15) is 0 Å². The number of hydrogen-bond donors (Lipinski definition) is 2. The van der Waals surface area contributed by atoms with Crippen LogP contribution in [0.2, 0.25) is 0 Å². The Morgan fingerprint density at radius 1 is 1.45 bits per heavy atom. The van der Waals surface area contributed by atoms with Gasteiger partial charge in [0.15, 0.2) is 0 Å². The maximum atomic E-state index is 12.3. The molecule has 0 aliphatic carbocycles. The molecular weight excluding hydrogens is 274 g/mol. The molecule has 1 aliphatic heterocycles. The van der Waals surface area contributed by atoms with E-state index in [2.05, 4.69) is 16.5 Å². The average Bonchev–Trinajstić information content (AvgIpc) is 2.93. The van der Waals surface area contributed by atoms with E-state index in [0.29, 0.717) is 24.0 Å². The number of rotatable bonds is 6. The van der Waals surface area contributed by atoms with Gasteiger partial charge in [0.1, 0.15) is 0 Å². The van der Waals surface area contributed by atoms with Gasteiger partial charge < -0.3 is 5.73 Å². The van der Waals surface area contributed by atoms with E-state index in [9.17, 15) is 8.42 Å². The van der Waals surface area contributed by atoms with Crippen LogP contribution in [0.15, 0.2) is 29.2 Å². The molecule has 1 aliphatic rings. The molecule has 1 atom stereocenters. The maximum Gasteiger partial charge on any atom is 0.240 e. The zero-order valence-electron chi connectivity index (χ0n) is 11.9. The summed E-state index contributed by atoms with van der Waals surface area (Å²) >= 11 is 0. The first-order valence-electron chi connectivity index (χ1n) is 7.09. The molecule has 1 unspecified atom stereocenters. The Morgan fingerprint density at radius 2 is 2.25 bits per heavy atom. The zero-order chi connectivity index (χ0) is 14.6. The minimum atomic E-state index is -3.44. The number of nitrogens with zero attached hydrogens (tertiary/aromatic N) is 1. The molecule has 0 saturated carbocycles. The smallest absolute Gasteiger partial charge is 0.240 e. The van der Waals surface area contributed by atoms with E-state index >= 15 is 0 Å². The van der Waals surface area contributed by atoms with Crippen molar-refractivity contribution in [3.63, 3.8) is 0 Å². The Hall–Kier alpha value is -0.950. The van der Waals surface area contributed by atoms with E-state index in [1.807, 2.05) is 6.07 Å². The molecule has 1 aromatic carbocycles. The van der Waals surface area contributed by atoms with E-state index in [1.54, 1.807) is 18.2 Å². The summed E-state index contributed by atoms with van der Waals surface area (Å²) in [6.07, 6.45) is 2.20. The summed E-state index contributed by atoms with van der Waals surface area (Å²) in [6.45, 7) is 4.96. The maximum absolute atomic E-state index is 12.3. The number of benzene rings is 1. The summed E-state index contributed by atoms with van der Waals surface area (Å²) in [5.41, 5.74) is 6.37. The SMILES string of the molecule is CCN1CCCC1CNS(=O)(=O)c1cccc(CN)c1. The van der Waals surface area contributed by atoms with Gasteiger partial charge in [-0.25, -0.2) is 13.1 Å². The Bertz CT molecular complexity index is 545. The van der Waals surface area contributed by atoms with Crippen LogP contribution in [0.3, 0.4) is 0 Å². The van der Waals surface area contributed by atoms with Crippen LogP contribution in [0.5, 0.6) is 0 Å². The van der Waals surface area contributed by atoms with Gasteiger partial charge in [-0.15, -0.1) is 0 Å². The fourth-order valence-electron chi connectivity index (χ4n) is 2.67. The van der Waals surface area contributed by atoms with Crippen molar-refractivity contribution >= 4 is 10.0 Å². The minimum Gasteiger partial charge on any atom is -0.326 e. The first kappa shape index (κ1) is 15.4. The highest BCUT2D eigenvalue weighted by atomic mass is 32.2. The standard InChI is InChI=1S/C14H23N3O2S/c1-2-17-8-4-6-13(17)11-16-20(18,19)14-7-3-5-12(9-14)10-15/h3,5,7,9,13,16H,2,4,6,8,10-11,15H2,1H3. The van der Waals surface area contributed by atoms with Crippen molar-refractivity contribution in [2.24, 2.45) is 5.73 Å². The Labute approximate surface area is 121 Å². The molecule has 1 heterocycles. The summed E-state index contributed by atoms with van der Waals surface area (Å²) in [5, 5.41) is 0. The molecule has 0 amide bonds. The quantitative estimate of drug-likeness (QED) is 0.818. The number of likely N-dealkylation sites (tertiary alicyclic amines) is 1. The molecule has 1 fully saturated rings. The fourth-order valence-corrected chi connectivity index (χ4v) is 3.81. The lowest BCUT2D eigenvalue weighted by molar-refractivity contribution is 0.268. The molecule has 20 heavy (non-hydrogen) atoms. The lowest BCUT2D eigenvalue weighted by atomic mass is 10.2. The van der Waals surface area contributed by atoms with Crippen LogP contribution in [-0.4, -0.2) is 39.0 Å².